The van der Waals surface area contributed by atoms with Crippen molar-refractivity contribution in [1.29, 1.82) is 0 Å². The highest BCUT2D eigenvalue weighted by Crippen LogP contribution is 2.24. The summed E-state index contributed by atoms with van der Waals surface area (Å²) < 4.78 is 0. The average Bonchev–Trinajstić information content (AvgIpc) is 2.28. The van der Waals surface area contributed by atoms with Gasteiger partial charge >= 0.3 is 0 Å². The Hall–Kier alpha value is -1.46. The topological polar surface area (TPSA) is 88.8 Å². The standard InChI is InChI=1S/C10H13Cl2N5/c1-15-9(13)17-10(14)16-5-6-7(11)3-2-4-8(6)12/h2-4H,5H2,1H3,(H5,13,14,15,16,17). The van der Waals surface area contributed by atoms with Gasteiger partial charge in [0.1, 0.15) is 0 Å². The predicted molar refractivity (Wildman–Crippen MR) is 72.5 cm³/mol. The lowest BCUT2D eigenvalue weighted by Gasteiger charge is -2.06. The third-order valence-corrected chi connectivity index (χ3v) is 2.67. The van der Waals surface area contributed by atoms with Crippen molar-refractivity contribution in [3.63, 3.8) is 0 Å². The van der Waals surface area contributed by atoms with Crippen LogP contribution >= 0.6 is 23.2 Å². The Kier molecular flexibility index (Phi) is 5.06. The highest BCUT2D eigenvalue weighted by molar-refractivity contribution is 6.36. The lowest BCUT2D eigenvalue weighted by atomic mass is 10.2. The van der Waals surface area contributed by atoms with Crippen molar-refractivity contribution in [1.82, 2.24) is 5.32 Å². The summed E-state index contributed by atoms with van der Waals surface area (Å²) in [6, 6.07) is 5.24. The van der Waals surface area contributed by atoms with Gasteiger partial charge in [-0.25, -0.2) is 4.99 Å². The van der Waals surface area contributed by atoms with Crippen LogP contribution in [0.25, 0.3) is 0 Å². The van der Waals surface area contributed by atoms with Gasteiger partial charge in [0.05, 0.1) is 6.54 Å². The molecule has 17 heavy (non-hydrogen) atoms. The maximum absolute atomic E-state index is 5.98. The molecule has 1 aromatic rings. The Balaban J connectivity index is 2.76. The number of nitrogens with one attached hydrogen (secondary N) is 1. The predicted octanol–water partition coefficient (Wildman–Crippen LogP) is 1.34. The summed E-state index contributed by atoms with van der Waals surface area (Å²) in [6.45, 7) is 0.272. The molecule has 92 valence electrons. The van der Waals surface area contributed by atoms with E-state index in [4.69, 9.17) is 34.7 Å². The molecule has 0 aliphatic carbocycles. The van der Waals surface area contributed by atoms with Crippen LogP contribution < -0.4 is 16.8 Å². The van der Waals surface area contributed by atoms with E-state index in [1.54, 1.807) is 25.2 Å². The van der Waals surface area contributed by atoms with E-state index in [-0.39, 0.29) is 18.5 Å². The molecule has 0 unspecified atom stereocenters. The smallest absolute Gasteiger partial charge is 0.195 e. The molecule has 0 aliphatic rings. The zero-order valence-electron chi connectivity index (χ0n) is 9.24. The van der Waals surface area contributed by atoms with Crippen molar-refractivity contribution < 1.29 is 0 Å². The molecular weight excluding hydrogens is 261 g/mol. The van der Waals surface area contributed by atoms with Gasteiger partial charge in [-0.05, 0) is 12.1 Å². The average molecular weight is 274 g/mol. The van der Waals surface area contributed by atoms with Crippen LogP contribution in [0.1, 0.15) is 5.56 Å². The van der Waals surface area contributed by atoms with Crippen molar-refractivity contribution >= 4 is 35.1 Å². The Morgan fingerprint density at radius 2 is 1.82 bits per heavy atom. The van der Waals surface area contributed by atoms with E-state index in [2.05, 4.69) is 15.3 Å². The minimum atomic E-state index is 0.157. The van der Waals surface area contributed by atoms with Crippen molar-refractivity contribution in [2.24, 2.45) is 21.5 Å². The number of hydrogen-bond donors (Lipinski definition) is 3. The zero-order valence-corrected chi connectivity index (χ0v) is 10.8. The first-order chi connectivity index (χ1) is 8.04. The van der Waals surface area contributed by atoms with Crippen molar-refractivity contribution in [3.8, 4) is 0 Å². The Morgan fingerprint density at radius 1 is 1.24 bits per heavy atom. The normalized spacial score (nSPS) is 12.6. The van der Waals surface area contributed by atoms with Gasteiger partial charge in [-0.2, -0.15) is 0 Å². The van der Waals surface area contributed by atoms with Crippen LogP contribution in [0.2, 0.25) is 10.0 Å². The highest BCUT2D eigenvalue weighted by atomic mass is 35.5. The maximum Gasteiger partial charge on any atom is 0.195 e. The minimum Gasteiger partial charge on any atom is -0.370 e. The summed E-state index contributed by atoms with van der Waals surface area (Å²) in [6.07, 6.45) is 0. The molecule has 0 saturated heterocycles. The lowest BCUT2D eigenvalue weighted by molar-refractivity contribution is 1.04. The SMILES string of the molecule is CN=C(N)NC(N)=NCc1c(Cl)cccc1Cl. The minimum absolute atomic E-state index is 0.157. The second kappa shape index (κ2) is 6.32. The fourth-order valence-electron chi connectivity index (χ4n) is 1.07. The van der Waals surface area contributed by atoms with Gasteiger partial charge in [-0.15, -0.1) is 0 Å². The van der Waals surface area contributed by atoms with E-state index >= 15 is 0 Å². The first-order valence-electron chi connectivity index (χ1n) is 4.76. The number of guanidine groups is 2. The van der Waals surface area contributed by atoms with Crippen molar-refractivity contribution in [2.45, 2.75) is 6.54 Å². The quantitative estimate of drug-likeness (QED) is 0.561. The van der Waals surface area contributed by atoms with Crippen molar-refractivity contribution in [2.75, 3.05) is 7.05 Å². The number of nitrogens with two attached hydrogens (primary N) is 2. The summed E-state index contributed by atoms with van der Waals surface area (Å²) in [5, 5.41) is 3.70. The zero-order chi connectivity index (χ0) is 12.8. The number of aliphatic imine (C=N–C) groups is 2. The first kappa shape index (κ1) is 13.6. The van der Waals surface area contributed by atoms with Crippen LogP contribution in [-0.4, -0.2) is 19.0 Å². The molecule has 0 amide bonds. The van der Waals surface area contributed by atoms with Gasteiger partial charge < -0.3 is 11.5 Å². The molecule has 0 saturated carbocycles. The van der Waals surface area contributed by atoms with Crippen molar-refractivity contribution in [3.05, 3.63) is 33.8 Å². The number of hydrogen-bond acceptors (Lipinski definition) is 2. The first-order valence-corrected chi connectivity index (χ1v) is 5.52. The molecule has 5 N–H and O–H groups in total. The summed E-state index contributed by atoms with van der Waals surface area (Å²) >= 11 is 12.0. The third-order valence-electron chi connectivity index (χ3n) is 1.97. The van der Waals surface area contributed by atoms with E-state index in [9.17, 15) is 0 Å². The second-order valence-electron chi connectivity index (χ2n) is 3.14. The molecule has 0 aromatic heterocycles. The molecule has 0 heterocycles. The number of halogens is 2. The van der Waals surface area contributed by atoms with E-state index in [0.717, 1.165) is 0 Å². The van der Waals surface area contributed by atoms with Gasteiger partial charge in [0, 0.05) is 22.7 Å². The maximum atomic E-state index is 5.98. The Morgan fingerprint density at radius 3 is 2.35 bits per heavy atom. The Labute approximate surface area is 110 Å². The van der Waals surface area contributed by atoms with Crippen LogP contribution in [0.4, 0.5) is 0 Å². The van der Waals surface area contributed by atoms with Gasteiger partial charge in [0.15, 0.2) is 11.9 Å². The van der Waals surface area contributed by atoms with Crippen LogP contribution in [0.5, 0.6) is 0 Å². The molecule has 0 radical (unpaired) electrons. The third kappa shape index (κ3) is 4.13. The lowest BCUT2D eigenvalue weighted by Crippen LogP contribution is -2.41. The molecule has 7 heteroatoms. The molecule has 0 atom stereocenters. The summed E-state index contributed by atoms with van der Waals surface area (Å²) in [7, 11) is 1.54. The molecule has 0 bridgehead atoms. The van der Waals surface area contributed by atoms with E-state index in [1.807, 2.05) is 0 Å². The van der Waals surface area contributed by atoms with E-state index in [1.165, 1.54) is 0 Å². The molecule has 1 aromatic carbocycles. The highest BCUT2D eigenvalue weighted by Gasteiger charge is 2.04. The van der Waals surface area contributed by atoms with Gasteiger partial charge in [-0.1, -0.05) is 29.3 Å². The largest absolute Gasteiger partial charge is 0.370 e. The number of rotatable bonds is 2. The summed E-state index contributed by atoms with van der Waals surface area (Å²) in [4.78, 5) is 7.75. The Bertz CT molecular complexity index is 436. The summed E-state index contributed by atoms with van der Waals surface area (Å²) in [5.74, 6) is 0.348. The fourth-order valence-corrected chi connectivity index (χ4v) is 1.59. The van der Waals surface area contributed by atoms with Gasteiger partial charge in [0.25, 0.3) is 0 Å². The number of benzene rings is 1. The molecule has 5 nitrogen and oxygen atoms in total. The van der Waals surface area contributed by atoms with Crippen LogP contribution in [0.15, 0.2) is 28.2 Å². The molecular formula is C10H13Cl2N5. The van der Waals surface area contributed by atoms with Gasteiger partial charge in [0.2, 0.25) is 0 Å². The number of nitrogens with zero attached hydrogens (tertiary/aromatic N) is 2. The van der Waals surface area contributed by atoms with Crippen LogP contribution in [-0.2, 0) is 6.54 Å². The summed E-state index contributed by atoms with van der Waals surface area (Å²) in [5.41, 5.74) is 11.7. The van der Waals surface area contributed by atoms with E-state index in [0.29, 0.717) is 15.6 Å². The van der Waals surface area contributed by atoms with Crippen LogP contribution in [0, 0.1) is 0 Å². The fraction of sp³-hybridized carbons (Fsp3) is 0.200. The molecule has 0 fully saturated rings. The van der Waals surface area contributed by atoms with E-state index < -0.39 is 0 Å². The van der Waals surface area contributed by atoms with Crippen LogP contribution in [0.3, 0.4) is 0 Å². The molecule has 0 spiro atoms. The monoisotopic (exact) mass is 273 g/mol. The second-order valence-corrected chi connectivity index (χ2v) is 3.95. The molecule has 0 aliphatic heterocycles. The molecule has 1 rings (SSSR count). The van der Waals surface area contributed by atoms with Gasteiger partial charge in [-0.3, -0.25) is 10.3 Å².